The van der Waals surface area contributed by atoms with Gasteiger partial charge in [-0.15, -0.1) is 0 Å². The first kappa shape index (κ1) is 12.6. The van der Waals surface area contributed by atoms with Crippen LogP contribution in [0.1, 0.15) is 5.56 Å². The number of imide groups is 1. The smallest absolute Gasteiger partial charge is 0.417 e. The van der Waals surface area contributed by atoms with Crippen molar-refractivity contribution in [2.45, 2.75) is 12.5 Å². The average Bonchev–Trinajstić information content (AvgIpc) is 2.72. The Hall–Kier alpha value is -1.88. The molecule has 5 heteroatoms. The van der Waals surface area contributed by atoms with Crippen molar-refractivity contribution in [1.82, 2.24) is 4.90 Å². The van der Waals surface area contributed by atoms with Crippen LogP contribution in [0.5, 0.6) is 0 Å². The fourth-order valence-electron chi connectivity index (χ4n) is 2.00. The van der Waals surface area contributed by atoms with E-state index in [1.807, 2.05) is 30.3 Å². The summed E-state index contributed by atoms with van der Waals surface area (Å²) in [6.45, 7) is 0.129. The van der Waals surface area contributed by atoms with Crippen LogP contribution in [0.3, 0.4) is 0 Å². The number of carbonyl (C=O) groups excluding carboxylic acids is 2. The Morgan fingerprint density at radius 2 is 2.17 bits per heavy atom. The third kappa shape index (κ3) is 2.68. The number of methoxy groups -OCH3 is 1. The quantitative estimate of drug-likeness (QED) is 0.805. The minimum atomic E-state index is -0.585. The van der Waals surface area contributed by atoms with Crippen molar-refractivity contribution in [3.05, 3.63) is 35.9 Å². The molecule has 18 heavy (non-hydrogen) atoms. The first-order chi connectivity index (χ1) is 8.72. The van der Waals surface area contributed by atoms with Gasteiger partial charge >= 0.3 is 6.09 Å². The van der Waals surface area contributed by atoms with Gasteiger partial charge in [-0.1, -0.05) is 30.3 Å². The molecule has 1 aromatic carbocycles. The molecular weight excluding hydrogens is 234 g/mol. The molecule has 1 saturated heterocycles. The molecule has 1 aliphatic rings. The number of nitrogens with zero attached hydrogens (tertiary/aromatic N) is 1. The second-order valence-electron chi connectivity index (χ2n) is 4.12. The summed E-state index contributed by atoms with van der Waals surface area (Å²) in [6, 6.07) is 9.45. The Balaban J connectivity index is 2.07. The zero-order valence-corrected chi connectivity index (χ0v) is 10.2. The van der Waals surface area contributed by atoms with Crippen LogP contribution in [-0.4, -0.2) is 43.3 Å². The molecule has 1 heterocycles. The molecule has 0 unspecified atom stereocenters. The van der Waals surface area contributed by atoms with E-state index in [9.17, 15) is 9.59 Å². The number of cyclic esters (lactones) is 1. The first-order valence-corrected chi connectivity index (χ1v) is 5.74. The summed E-state index contributed by atoms with van der Waals surface area (Å²) in [6.07, 6.45) is 0.0140. The summed E-state index contributed by atoms with van der Waals surface area (Å²) in [5.74, 6) is -0.360. The topological polar surface area (TPSA) is 55.8 Å². The number of hydrogen-bond acceptors (Lipinski definition) is 4. The lowest BCUT2D eigenvalue weighted by atomic mass is 10.1. The number of amides is 2. The molecule has 0 bridgehead atoms. The summed E-state index contributed by atoms with van der Waals surface area (Å²) in [4.78, 5) is 24.4. The van der Waals surface area contributed by atoms with E-state index in [2.05, 4.69) is 0 Å². The number of carbonyl (C=O) groups is 2. The van der Waals surface area contributed by atoms with Crippen molar-refractivity contribution in [3.63, 3.8) is 0 Å². The highest BCUT2D eigenvalue weighted by Crippen LogP contribution is 2.17. The van der Waals surface area contributed by atoms with Gasteiger partial charge in [0.05, 0.1) is 6.04 Å². The van der Waals surface area contributed by atoms with E-state index >= 15 is 0 Å². The molecule has 1 atom stereocenters. The third-order valence-corrected chi connectivity index (χ3v) is 2.81. The Morgan fingerprint density at radius 1 is 1.44 bits per heavy atom. The Kier molecular flexibility index (Phi) is 3.94. The van der Waals surface area contributed by atoms with Crippen molar-refractivity contribution < 1.29 is 19.1 Å². The van der Waals surface area contributed by atoms with E-state index < -0.39 is 6.09 Å². The highest BCUT2D eigenvalue weighted by molar-refractivity contribution is 5.94. The van der Waals surface area contributed by atoms with Gasteiger partial charge in [0.1, 0.15) is 13.2 Å². The minimum Gasteiger partial charge on any atom is -0.447 e. The molecule has 1 fully saturated rings. The van der Waals surface area contributed by atoms with E-state index in [0.717, 1.165) is 10.5 Å². The molecule has 0 saturated carbocycles. The second-order valence-corrected chi connectivity index (χ2v) is 4.12. The molecule has 96 valence electrons. The molecule has 0 aliphatic carbocycles. The zero-order chi connectivity index (χ0) is 13.0. The van der Waals surface area contributed by atoms with Gasteiger partial charge in [0.15, 0.2) is 0 Å². The lowest BCUT2D eigenvalue weighted by Gasteiger charge is -2.19. The van der Waals surface area contributed by atoms with E-state index in [-0.39, 0.29) is 25.2 Å². The van der Waals surface area contributed by atoms with Gasteiger partial charge in [-0.05, 0) is 12.0 Å². The number of ether oxygens (including phenoxy) is 2. The molecule has 0 spiro atoms. The zero-order valence-electron chi connectivity index (χ0n) is 10.2. The van der Waals surface area contributed by atoms with Crippen LogP contribution in [0, 0.1) is 0 Å². The lowest BCUT2D eigenvalue weighted by Crippen LogP contribution is -2.42. The van der Waals surface area contributed by atoms with Gasteiger partial charge < -0.3 is 9.47 Å². The normalized spacial score (nSPS) is 18.8. The summed E-state index contributed by atoms with van der Waals surface area (Å²) in [7, 11) is 1.42. The molecule has 0 aromatic heterocycles. The van der Waals surface area contributed by atoms with Crippen LogP contribution in [0.25, 0.3) is 0 Å². The van der Waals surface area contributed by atoms with Crippen molar-refractivity contribution in [2.24, 2.45) is 0 Å². The first-order valence-electron chi connectivity index (χ1n) is 5.74. The molecule has 1 aliphatic heterocycles. The van der Waals surface area contributed by atoms with Gasteiger partial charge in [0, 0.05) is 7.11 Å². The standard InChI is InChI=1S/C13H15NO4/c1-17-9-12(15)14-11(8-18-13(14)16)7-10-5-3-2-4-6-10/h2-6,11H,7-9H2,1H3/t11-/m1/s1. The fraction of sp³-hybridized carbons (Fsp3) is 0.385. The van der Waals surface area contributed by atoms with Gasteiger partial charge in [0.2, 0.25) is 0 Å². The lowest BCUT2D eigenvalue weighted by molar-refractivity contribution is -0.133. The molecule has 1 aromatic rings. The van der Waals surface area contributed by atoms with E-state index in [1.165, 1.54) is 7.11 Å². The van der Waals surface area contributed by atoms with Crippen LogP contribution in [0.4, 0.5) is 4.79 Å². The van der Waals surface area contributed by atoms with Crippen LogP contribution >= 0.6 is 0 Å². The predicted molar refractivity (Wildman–Crippen MR) is 64.0 cm³/mol. The fourth-order valence-corrected chi connectivity index (χ4v) is 2.00. The molecule has 0 N–H and O–H groups in total. The van der Waals surface area contributed by atoms with Crippen LogP contribution in [0.15, 0.2) is 30.3 Å². The van der Waals surface area contributed by atoms with Gasteiger partial charge in [0.25, 0.3) is 5.91 Å². The number of hydrogen-bond donors (Lipinski definition) is 0. The highest BCUT2D eigenvalue weighted by atomic mass is 16.6. The summed E-state index contributed by atoms with van der Waals surface area (Å²) in [5, 5.41) is 0. The maximum atomic E-state index is 11.8. The molecule has 5 nitrogen and oxygen atoms in total. The van der Waals surface area contributed by atoms with Crippen molar-refractivity contribution in [2.75, 3.05) is 20.3 Å². The van der Waals surface area contributed by atoms with Crippen molar-refractivity contribution >= 4 is 12.0 Å². The minimum absolute atomic E-state index is 0.111. The maximum Gasteiger partial charge on any atom is 0.417 e. The second kappa shape index (κ2) is 5.64. The van der Waals surface area contributed by atoms with Crippen molar-refractivity contribution in [3.8, 4) is 0 Å². The SMILES string of the molecule is COCC(=O)N1C(=O)OC[C@H]1Cc1ccccc1. The largest absolute Gasteiger partial charge is 0.447 e. The summed E-state index contributed by atoms with van der Waals surface area (Å²) in [5.41, 5.74) is 1.07. The number of rotatable bonds is 4. The van der Waals surface area contributed by atoms with Crippen LogP contribution in [0.2, 0.25) is 0 Å². The van der Waals surface area contributed by atoms with Gasteiger partial charge in [-0.3, -0.25) is 4.79 Å². The van der Waals surface area contributed by atoms with Gasteiger partial charge in [-0.25, -0.2) is 9.69 Å². The van der Waals surface area contributed by atoms with E-state index in [4.69, 9.17) is 9.47 Å². The third-order valence-electron chi connectivity index (χ3n) is 2.81. The van der Waals surface area contributed by atoms with Gasteiger partial charge in [-0.2, -0.15) is 0 Å². The Labute approximate surface area is 105 Å². The molecule has 2 amide bonds. The van der Waals surface area contributed by atoms with E-state index in [1.54, 1.807) is 0 Å². The van der Waals surface area contributed by atoms with E-state index in [0.29, 0.717) is 6.42 Å². The maximum absolute atomic E-state index is 11.8. The average molecular weight is 249 g/mol. The molecular formula is C13H15NO4. The summed E-state index contributed by atoms with van der Waals surface area (Å²) < 4.78 is 9.69. The molecule has 2 rings (SSSR count). The van der Waals surface area contributed by atoms with Crippen LogP contribution in [-0.2, 0) is 20.7 Å². The number of benzene rings is 1. The highest BCUT2D eigenvalue weighted by Gasteiger charge is 2.37. The molecule has 0 radical (unpaired) electrons. The van der Waals surface area contributed by atoms with Crippen LogP contribution < -0.4 is 0 Å². The summed E-state index contributed by atoms with van der Waals surface area (Å²) >= 11 is 0. The predicted octanol–water partition coefficient (Wildman–Crippen LogP) is 1.22. The Morgan fingerprint density at radius 3 is 2.83 bits per heavy atom. The van der Waals surface area contributed by atoms with Crippen molar-refractivity contribution in [1.29, 1.82) is 0 Å². The monoisotopic (exact) mass is 249 g/mol. The Bertz CT molecular complexity index is 432.